The maximum atomic E-state index is 11.2. The van der Waals surface area contributed by atoms with Crippen molar-refractivity contribution in [1.29, 1.82) is 0 Å². The molecule has 1 fully saturated rings. The summed E-state index contributed by atoms with van der Waals surface area (Å²) in [5.41, 5.74) is -0.518. The van der Waals surface area contributed by atoms with Gasteiger partial charge in [-0.3, -0.25) is 4.79 Å². The highest BCUT2D eigenvalue weighted by Crippen LogP contribution is 2.29. The molecule has 3 nitrogen and oxygen atoms in total. The number of hydrogen-bond acceptors (Lipinski definition) is 3. The van der Waals surface area contributed by atoms with Crippen LogP contribution in [0.4, 0.5) is 0 Å². The van der Waals surface area contributed by atoms with E-state index in [0.29, 0.717) is 0 Å². The van der Waals surface area contributed by atoms with Crippen LogP contribution in [0.25, 0.3) is 0 Å². The van der Waals surface area contributed by atoms with E-state index in [1.54, 1.807) is 0 Å². The van der Waals surface area contributed by atoms with Crippen molar-refractivity contribution in [1.82, 2.24) is 4.90 Å². The molecular weight excluding hydrogens is 222 g/mol. The Morgan fingerprint density at radius 2 is 2.31 bits per heavy atom. The molecule has 1 N–H and O–H groups in total. The van der Waals surface area contributed by atoms with Gasteiger partial charge in [0.25, 0.3) is 0 Å². The lowest BCUT2D eigenvalue weighted by Gasteiger charge is -2.37. The van der Waals surface area contributed by atoms with Gasteiger partial charge in [-0.25, -0.2) is 0 Å². The number of thioether (sulfide) groups is 1. The van der Waals surface area contributed by atoms with E-state index in [4.69, 9.17) is 0 Å². The van der Waals surface area contributed by atoms with Gasteiger partial charge in [-0.15, -0.1) is 0 Å². The second-order valence-electron chi connectivity index (χ2n) is 4.80. The van der Waals surface area contributed by atoms with Gasteiger partial charge in [-0.05, 0) is 50.8 Å². The van der Waals surface area contributed by atoms with Crippen LogP contribution >= 0.6 is 11.8 Å². The van der Waals surface area contributed by atoms with Gasteiger partial charge in [-0.1, -0.05) is 6.92 Å². The van der Waals surface area contributed by atoms with Gasteiger partial charge in [-0.2, -0.15) is 11.8 Å². The van der Waals surface area contributed by atoms with E-state index < -0.39 is 11.4 Å². The Kier molecular flexibility index (Phi) is 5.62. The molecule has 1 rings (SSSR count). The monoisotopic (exact) mass is 245 g/mol. The molecule has 1 atom stereocenters. The molecule has 0 aliphatic carbocycles. The number of likely N-dealkylation sites (tertiary alicyclic amines) is 1. The largest absolute Gasteiger partial charge is 0.481 e. The van der Waals surface area contributed by atoms with Crippen molar-refractivity contribution in [2.75, 3.05) is 31.1 Å². The van der Waals surface area contributed by atoms with E-state index >= 15 is 0 Å². The molecule has 94 valence electrons. The minimum atomic E-state index is -0.639. The first-order chi connectivity index (χ1) is 7.58. The third-order valence-corrected chi connectivity index (χ3v) is 4.24. The molecule has 0 saturated carbocycles. The van der Waals surface area contributed by atoms with Gasteiger partial charge >= 0.3 is 5.97 Å². The highest BCUT2D eigenvalue weighted by Gasteiger charge is 2.37. The number of hydrogen-bond donors (Lipinski definition) is 1. The Labute approximate surface area is 103 Å². The van der Waals surface area contributed by atoms with Crippen LogP contribution in [0, 0.1) is 5.41 Å². The topological polar surface area (TPSA) is 40.5 Å². The van der Waals surface area contributed by atoms with Crippen molar-refractivity contribution in [3.05, 3.63) is 0 Å². The van der Waals surface area contributed by atoms with Crippen molar-refractivity contribution in [2.24, 2.45) is 5.41 Å². The van der Waals surface area contributed by atoms with E-state index in [9.17, 15) is 9.90 Å². The molecule has 1 saturated heterocycles. The summed E-state index contributed by atoms with van der Waals surface area (Å²) in [6, 6.07) is 0. The first kappa shape index (κ1) is 13.8. The lowest BCUT2D eigenvalue weighted by Crippen LogP contribution is -2.46. The maximum Gasteiger partial charge on any atom is 0.310 e. The van der Waals surface area contributed by atoms with Crippen molar-refractivity contribution in [3.8, 4) is 0 Å². The molecular formula is C12H23NO2S. The van der Waals surface area contributed by atoms with Gasteiger partial charge in [0, 0.05) is 6.54 Å². The molecule has 1 unspecified atom stereocenters. The van der Waals surface area contributed by atoms with Crippen molar-refractivity contribution < 1.29 is 9.90 Å². The summed E-state index contributed by atoms with van der Waals surface area (Å²) < 4.78 is 0. The Hall–Kier alpha value is -0.220. The van der Waals surface area contributed by atoms with E-state index in [1.165, 1.54) is 17.9 Å². The molecule has 1 heterocycles. The van der Waals surface area contributed by atoms with Gasteiger partial charge in [0.15, 0.2) is 0 Å². The van der Waals surface area contributed by atoms with Crippen LogP contribution < -0.4 is 0 Å². The summed E-state index contributed by atoms with van der Waals surface area (Å²) in [6.07, 6.45) is 3.01. The number of aliphatic carboxylic acids is 1. The molecule has 0 radical (unpaired) electrons. The molecule has 0 bridgehead atoms. The molecule has 0 amide bonds. The molecule has 4 heteroatoms. The molecule has 16 heavy (non-hydrogen) atoms. The lowest BCUT2D eigenvalue weighted by atomic mass is 9.82. The number of rotatable bonds is 6. The minimum absolute atomic E-state index is 0.518. The van der Waals surface area contributed by atoms with E-state index in [1.807, 2.05) is 18.7 Å². The zero-order chi connectivity index (χ0) is 12.0. The van der Waals surface area contributed by atoms with Crippen LogP contribution in [0.1, 0.15) is 33.1 Å². The van der Waals surface area contributed by atoms with Crippen LogP contribution in [0.5, 0.6) is 0 Å². The predicted molar refractivity (Wildman–Crippen MR) is 69.0 cm³/mol. The first-order valence-corrected chi connectivity index (χ1v) is 7.27. The van der Waals surface area contributed by atoms with Crippen molar-refractivity contribution in [2.45, 2.75) is 33.1 Å². The van der Waals surface area contributed by atoms with Gasteiger partial charge < -0.3 is 10.0 Å². The average molecular weight is 245 g/mol. The van der Waals surface area contributed by atoms with Crippen LogP contribution in [0.2, 0.25) is 0 Å². The standard InChI is InChI=1S/C12H23NO2S/c1-3-16-9-5-8-13-7-4-6-12(2,10-13)11(14)15/h3-10H2,1-2H3,(H,14,15). The highest BCUT2D eigenvalue weighted by molar-refractivity contribution is 7.99. The zero-order valence-corrected chi connectivity index (χ0v) is 11.2. The summed E-state index contributed by atoms with van der Waals surface area (Å²) in [5, 5.41) is 9.19. The van der Waals surface area contributed by atoms with Gasteiger partial charge in [0.05, 0.1) is 5.41 Å². The molecule has 0 spiro atoms. The lowest BCUT2D eigenvalue weighted by molar-refractivity contribution is -0.151. The molecule has 1 aliphatic rings. The number of carboxylic acid groups (broad SMARTS) is 1. The fourth-order valence-electron chi connectivity index (χ4n) is 2.24. The molecule has 0 aromatic heterocycles. The smallest absolute Gasteiger partial charge is 0.310 e. The fourth-order valence-corrected chi connectivity index (χ4v) is 2.87. The van der Waals surface area contributed by atoms with E-state index in [2.05, 4.69) is 11.8 Å². The summed E-state index contributed by atoms with van der Waals surface area (Å²) in [4.78, 5) is 13.5. The first-order valence-electron chi connectivity index (χ1n) is 6.12. The second-order valence-corrected chi connectivity index (χ2v) is 6.19. The number of carboxylic acids is 1. The fraction of sp³-hybridized carbons (Fsp3) is 0.917. The minimum Gasteiger partial charge on any atom is -0.481 e. The Bertz CT molecular complexity index is 235. The van der Waals surface area contributed by atoms with Gasteiger partial charge in [0.2, 0.25) is 0 Å². The van der Waals surface area contributed by atoms with Crippen LogP contribution in [0.15, 0.2) is 0 Å². The summed E-state index contributed by atoms with van der Waals surface area (Å²) in [7, 11) is 0. The van der Waals surface area contributed by atoms with Gasteiger partial charge in [0.1, 0.15) is 0 Å². The summed E-state index contributed by atoms with van der Waals surface area (Å²) in [5.74, 6) is 1.73. The Balaban J connectivity index is 2.30. The highest BCUT2D eigenvalue weighted by atomic mass is 32.2. The number of nitrogens with zero attached hydrogens (tertiary/aromatic N) is 1. The predicted octanol–water partition coefficient (Wildman–Crippen LogP) is 2.32. The Morgan fingerprint density at radius 3 is 2.94 bits per heavy atom. The van der Waals surface area contributed by atoms with Crippen LogP contribution in [0.3, 0.4) is 0 Å². The SMILES string of the molecule is CCSCCCN1CCCC(C)(C(=O)O)C1. The summed E-state index contributed by atoms with van der Waals surface area (Å²) in [6.45, 7) is 6.89. The average Bonchev–Trinajstić information content (AvgIpc) is 2.24. The third kappa shape index (κ3) is 3.98. The number of carbonyl (C=O) groups is 1. The second kappa shape index (κ2) is 6.50. The maximum absolute atomic E-state index is 11.2. The van der Waals surface area contributed by atoms with Crippen LogP contribution in [-0.2, 0) is 4.79 Å². The third-order valence-electron chi connectivity index (χ3n) is 3.26. The molecule has 1 aliphatic heterocycles. The zero-order valence-electron chi connectivity index (χ0n) is 10.4. The normalized spacial score (nSPS) is 26.9. The molecule has 0 aromatic carbocycles. The quantitative estimate of drug-likeness (QED) is 0.729. The van der Waals surface area contributed by atoms with E-state index in [-0.39, 0.29) is 0 Å². The Morgan fingerprint density at radius 1 is 1.56 bits per heavy atom. The summed E-state index contributed by atoms with van der Waals surface area (Å²) >= 11 is 1.96. The molecule has 0 aromatic rings. The van der Waals surface area contributed by atoms with E-state index in [0.717, 1.165) is 32.5 Å². The number of piperidine rings is 1. The van der Waals surface area contributed by atoms with Crippen LogP contribution in [-0.4, -0.2) is 47.1 Å². The van der Waals surface area contributed by atoms with Crippen molar-refractivity contribution in [3.63, 3.8) is 0 Å². The van der Waals surface area contributed by atoms with Crippen molar-refractivity contribution >= 4 is 17.7 Å².